The van der Waals surface area contributed by atoms with Gasteiger partial charge in [-0.05, 0) is 41.8 Å². The van der Waals surface area contributed by atoms with Gasteiger partial charge in [-0.2, -0.15) is 0 Å². The van der Waals surface area contributed by atoms with Crippen molar-refractivity contribution in [2.75, 3.05) is 26.9 Å². The third-order valence-corrected chi connectivity index (χ3v) is 4.45. The van der Waals surface area contributed by atoms with Crippen LogP contribution in [0.2, 0.25) is 0 Å². The first-order chi connectivity index (χ1) is 11.2. The largest absolute Gasteiger partial charge is 0.494 e. The van der Waals surface area contributed by atoms with Crippen LogP contribution in [0.5, 0.6) is 11.5 Å². The summed E-state index contributed by atoms with van der Waals surface area (Å²) in [6.45, 7) is 4.37. The molecular weight excluding hydrogens is 295 g/mol. The first-order valence-electron chi connectivity index (χ1n) is 7.80. The minimum Gasteiger partial charge on any atom is -0.494 e. The van der Waals surface area contributed by atoms with Crippen LogP contribution in [0.4, 0.5) is 4.39 Å². The summed E-state index contributed by atoms with van der Waals surface area (Å²) in [5.74, 6) is 0.712. The lowest BCUT2D eigenvalue weighted by molar-refractivity contribution is -0.133. The van der Waals surface area contributed by atoms with Gasteiger partial charge in [-0.25, -0.2) is 4.39 Å². The zero-order valence-electron chi connectivity index (χ0n) is 13.5. The number of halogens is 1. The third kappa shape index (κ3) is 3.32. The summed E-state index contributed by atoms with van der Waals surface area (Å²) < 4.78 is 29.9. The molecule has 0 unspecified atom stereocenters. The average Bonchev–Trinajstić information content (AvgIpc) is 2.55. The van der Waals surface area contributed by atoms with E-state index in [2.05, 4.69) is 6.92 Å². The Kier molecular flexibility index (Phi) is 4.53. The van der Waals surface area contributed by atoms with Gasteiger partial charge < -0.3 is 14.2 Å². The number of ether oxygens (including phenoxy) is 3. The number of methoxy groups -OCH3 is 1. The molecular formula is C19H21FO3. The lowest BCUT2D eigenvalue weighted by Gasteiger charge is -2.40. The van der Waals surface area contributed by atoms with Crippen LogP contribution in [-0.2, 0) is 4.74 Å². The molecule has 0 amide bonds. The summed E-state index contributed by atoms with van der Waals surface area (Å²) in [6.07, 6.45) is 1.05. The molecule has 122 valence electrons. The summed E-state index contributed by atoms with van der Waals surface area (Å²) in [7, 11) is 1.46. The van der Waals surface area contributed by atoms with Gasteiger partial charge in [0.05, 0.1) is 32.3 Å². The van der Waals surface area contributed by atoms with E-state index in [1.165, 1.54) is 13.2 Å². The fourth-order valence-corrected chi connectivity index (χ4v) is 2.61. The van der Waals surface area contributed by atoms with Crippen molar-refractivity contribution in [1.29, 1.82) is 0 Å². The van der Waals surface area contributed by atoms with Crippen molar-refractivity contribution in [1.82, 2.24) is 0 Å². The first-order valence-corrected chi connectivity index (χ1v) is 7.80. The van der Waals surface area contributed by atoms with Crippen molar-refractivity contribution in [2.45, 2.75) is 13.3 Å². The Labute approximate surface area is 136 Å². The van der Waals surface area contributed by atoms with Gasteiger partial charge in [-0.15, -0.1) is 0 Å². The minimum absolute atomic E-state index is 0.164. The molecule has 1 heterocycles. The second-order valence-corrected chi connectivity index (χ2v) is 6.01. The highest BCUT2D eigenvalue weighted by Crippen LogP contribution is 2.32. The number of hydrogen-bond donors (Lipinski definition) is 0. The second-order valence-electron chi connectivity index (χ2n) is 6.01. The molecule has 1 fully saturated rings. The molecule has 2 aromatic rings. The highest BCUT2D eigenvalue weighted by atomic mass is 19.1. The first kappa shape index (κ1) is 15.8. The topological polar surface area (TPSA) is 27.7 Å². The van der Waals surface area contributed by atoms with E-state index in [1.807, 2.05) is 30.3 Å². The van der Waals surface area contributed by atoms with Crippen molar-refractivity contribution in [2.24, 2.45) is 5.41 Å². The van der Waals surface area contributed by atoms with Crippen LogP contribution < -0.4 is 9.47 Å². The van der Waals surface area contributed by atoms with E-state index in [0.717, 1.165) is 36.5 Å². The van der Waals surface area contributed by atoms with Crippen LogP contribution in [0.1, 0.15) is 13.3 Å². The predicted octanol–water partition coefficient (Wildman–Crippen LogP) is 4.31. The van der Waals surface area contributed by atoms with Gasteiger partial charge >= 0.3 is 0 Å². The molecule has 0 bridgehead atoms. The minimum atomic E-state index is -0.361. The summed E-state index contributed by atoms with van der Waals surface area (Å²) in [5.41, 5.74) is 1.92. The maximum absolute atomic E-state index is 13.8. The molecule has 1 aliphatic rings. The van der Waals surface area contributed by atoms with E-state index in [0.29, 0.717) is 6.61 Å². The molecule has 1 saturated heterocycles. The van der Waals surface area contributed by atoms with Crippen LogP contribution >= 0.6 is 0 Å². The summed E-state index contributed by atoms with van der Waals surface area (Å²) in [6, 6.07) is 12.7. The second kappa shape index (κ2) is 6.59. The van der Waals surface area contributed by atoms with Crippen LogP contribution in [0.15, 0.2) is 42.5 Å². The van der Waals surface area contributed by atoms with E-state index in [9.17, 15) is 4.39 Å². The highest BCUT2D eigenvalue weighted by molar-refractivity contribution is 5.65. The Morgan fingerprint density at radius 3 is 2.30 bits per heavy atom. The van der Waals surface area contributed by atoms with Crippen molar-refractivity contribution in [3.05, 3.63) is 48.3 Å². The maximum atomic E-state index is 13.8. The van der Waals surface area contributed by atoms with Gasteiger partial charge in [0.2, 0.25) is 0 Å². The standard InChI is InChI=1S/C19H21FO3/c1-3-19(11-22-12-19)13-23-16-7-4-14(5-8-16)15-6-9-18(21-2)17(20)10-15/h4-10H,3,11-13H2,1-2H3. The van der Waals surface area contributed by atoms with Crippen molar-refractivity contribution >= 4 is 0 Å². The fourth-order valence-electron chi connectivity index (χ4n) is 2.61. The molecule has 3 nitrogen and oxygen atoms in total. The number of benzene rings is 2. The van der Waals surface area contributed by atoms with Crippen molar-refractivity contribution in [3.8, 4) is 22.6 Å². The van der Waals surface area contributed by atoms with E-state index >= 15 is 0 Å². The molecule has 0 spiro atoms. The fraction of sp³-hybridized carbons (Fsp3) is 0.368. The van der Waals surface area contributed by atoms with Gasteiger partial charge in [-0.1, -0.05) is 25.1 Å². The lowest BCUT2D eigenvalue weighted by atomic mass is 9.84. The molecule has 3 rings (SSSR count). The Morgan fingerprint density at radius 1 is 1.09 bits per heavy atom. The van der Waals surface area contributed by atoms with Crippen molar-refractivity contribution < 1.29 is 18.6 Å². The van der Waals surface area contributed by atoms with Gasteiger partial charge in [-0.3, -0.25) is 0 Å². The third-order valence-electron chi connectivity index (χ3n) is 4.45. The summed E-state index contributed by atoms with van der Waals surface area (Å²) in [5, 5.41) is 0. The normalized spacial score (nSPS) is 15.8. The van der Waals surface area contributed by atoms with E-state index in [1.54, 1.807) is 6.07 Å². The number of hydrogen-bond acceptors (Lipinski definition) is 3. The van der Waals surface area contributed by atoms with Gasteiger partial charge in [0, 0.05) is 0 Å². The molecule has 0 saturated carbocycles. The molecule has 0 atom stereocenters. The monoisotopic (exact) mass is 316 g/mol. The van der Waals surface area contributed by atoms with Gasteiger partial charge in [0.15, 0.2) is 11.6 Å². The average molecular weight is 316 g/mol. The Bertz CT molecular complexity index is 657. The zero-order valence-corrected chi connectivity index (χ0v) is 13.5. The van der Waals surface area contributed by atoms with E-state index in [4.69, 9.17) is 14.2 Å². The number of rotatable bonds is 6. The van der Waals surface area contributed by atoms with Crippen LogP contribution in [0.3, 0.4) is 0 Å². The molecule has 4 heteroatoms. The van der Waals surface area contributed by atoms with Crippen molar-refractivity contribution in [3.63, 3.8) is 0 Å². The molecule has 0 N–H and O–H groups in total. The molecule has 0 aliphatic carbocycles. The molecule has 23 heavy (non-hydrogen) atoms. The Morgan fingerprint density at radius 2 is 1.78 bits per heavy atom. The van der Waals surface area contributed by atoms with Gasteiger partial charge in [0.25, 0.3) is 0 Å². The maximum Gasteiger partial charge on any atom is 0.165 e. The SMILES string of the molecule is CCC1(COc2ccc(-c3ccc(OC)c(F)c3)cc2)COC1. The molecule has 0 radical (unpaired) electrons. The smallest absolute Gasteiger partial charge is 0.165 e. The Hall–Kier alpha value is -2.07. The summed E-state index contributed by atoms with van der Waals surface area (Å²) in [4.78, 5) is 0. The van der Waals surface area contributed by atoms with Gasteiger partial charge in [0.1, 0.15) is 5.75 Å². The quantitative estimate of drug-likeness (QED) is 0.795. The van der Waals surface area contributed by atoms with Crippen LogP contribution in [0.25, 0.3) is 11.1 Å². The lowest BCUT2D eigenvalue weighted by Crippen LogP contribution is -2.46. The Balaban J connectivity index is 1.68. The predicted molar refractivity (Wildman–Crippen MR) is 87.4 cm³/mol. The van der Waals surface area contributed by atoms with Crippen LogP contribution in [-0.4, -0.2) is 26.9 Å². The zero-order chi connectivity index (χ0) is 16.3. The van der Waals surface area contributed by atoms with E-state index in [-0.39, 0.29) is 17.0 Å². The molecule has 2 aromatic carbocycles. The highest BCUT2D eigenvalue weighted by Gasteiger charge is 2.37. The molecule has 0 aromatic heterocycles. The van der Waals surface area contributed by atoms with E-state index < -0.39 is 0 Å². The van der Waals surface area contributed by atoms with Crippen LogP contribution in [0, 0.1) is 11.2 Å². The molecule has 1 aliphatic heterocycles. The summed E-state index contributed by atoms with van der Waals surface area (Å²) >= 11 is 0.